The van der Waals surface area contributed by atoms with Crippen molar-refractivity contribution in [1.82, 2.24) is 10.3 Å². The normalized spacial score (nSPS) is 13.8. The molecule has 0 aliphatic carbocycles. The van der Waals surface area contributed by atoms with E-state index in [4.69, 9.17) is 0 Å². The summed E-state index contributed by atoms with van der Waals surface area (Å²) in [5, 5.41) is 21.0. The van der Waals surface area contributed by atoms with Crippen LogP contribution in [0.15, 0.2) is 0 Å². The molecule has 0 spiro atoms. The van der Waals surface area contributed by atoms with Crippen LogP contribution in [0.2, 0.25) is 0 Å². The van der Waals surface area contributed by atoms with Crippen molar-refractivity contribution < 1.29 is 10.4 Å². The van der Waals surface area contributed by atoms with Crippen LogP contribution in [0.5, 0.6) is 0 Å². The highest BCUT2D eigenvalue weighted by Gasteiger charge is 2.16. The van der Waals surface area contributed by atoms with Gasteiger partial charge in [0.2, 0.25) is 0 Å². The third-order valence-electron chi connectivity index (χ3n) is 2.57. The lowest BCUT2D eigenvalue weighted by atomic mass is 10.1. The van der Waals surface area contributed by atoms with Gasteiger partial charge in [-0.05, 0) is 19.8 Å². The molecule has 4 nitrogen and oxygen atoms in total. The van der Waals surface area contributed by atoms with Gasteiger partial charge < -0.3 is 0 Å². The van der Waals surface area contributed by atoms with Crippen LogP contribution in [0.4, 0.5) is 0 Å². The van der Waals surface area contributed by atoms with E-state index in [2.05, 4.69) is 13.8 Å². The summed E-state index contributed by atoms with van der Waals surface area (Å²) in [6.45, 7) is 6.65. The lowest BCUT2D eigenvalue weighted by Gasteiger charge is -2.28. The van der Waals surface area contributed by atoms with E-state index >= 15 is 0 Å². The number of unbranched alkanes of at least 4 members (excludes halogenated alkanes) is 3. The molecule has 0 aliphatic rings. The van der Waals surface area contributed by atoms with Gasteiger partial charge in [-0.15, -0.1) is 5.17 Å². The molecule has 0 aromatic carbocycles. The molecule has 0 saturated heterocycles. The van der Waals surface area contributed by atoms with E-state index in [0.29, 0.717) is 6.54 Å². The van der Waals surface area contributed by atoms with Crippen LogP contribution in [-0.4, -0.2) is 33.3 Å². The minimum atomic E-state index is -0.0171. The molecule has 2 N–H and O–H groups in total. The van der Waals surface area contributed by atoms with E-state index in [-0.39, 0.29) is 6.04 Å². The molecule has 0 fully saturated rings. The lowest BCUT2D eigenvalue weighted by molar-refractivity contribution is -0.383. The van der Waals surface area contributed by atoms with Crippen LogP contribution in [0, 0.1) is 0 Å². The van der Waals surface area contributed by atoms with Crippen LogP contribution < -0.4 is 0 Å². The van der Waals surface area contributed by atoms with E-state index in [9.17, 15) is 10.4 Å². The second-order valence-electron chi connectivity index (χ2n) is 4.11. The van der Waals surface area contributed by atoms with Gasteiger partial charge in [0.05, 0.1) is 6.04 Å². The monoisotopic (exact) mass is 218 g/mol. The Morgan fingerprint density at radius 3 is 2.13 bits per heavy atom. The number of rotatable bonds is 9. The first-order valence-corrected chi connectivity index (χ1v) is 6.07. The Bertz CT molecular complexity index is 145. The summed E-state index contributed by atoms with van der Waals surface area (Å²) in [5.41, 5.74) is 0. The maximum atomic E-state index is 9.62. The van der Waals surface area contributed by atoms with Crippen molar-refractivity contribution in [1.29, 1.82) is 0 Å². The molecule has 1 atom stereocenters. The second kappa shape index (κ2) is 9.09. The summed E-state index contributed by atoms with van der Waals surface area (Å²) in [5.74, 6) is 0. The number of hydroxylamine groups is 2. The van der Waals surface area contributed by atoms with E-state index in [0.717, 1.165) is 48.9 Å². The van der Waals surface area contributed by atoms with Gasteiger partial charge in [0.1, 0.15) is 0 Å². The zero-order valence-electron chi connectivity index (χ0n) is 10.3. The van der Waals surface area contributed by atoms with Crippen LogP contribution in [0.25, 0.3) is 0 Å². The summed E-state index contributed by atoms with van der Waals surface area (Å²) in [6.07, 6.45) is 6.18. The predicted octanol–water partition coefficient (Wildman–Crippen LogP) is 3.05. The molecule has 0 radical (unpaired) electrons. The van der Waals surface area contributed by atoms with Crippen molar-refractivity contribution in [3.05, 3.63) is 0 Å². The third-order valence-corrected chi connectivity index (χ3v) is 2.57. The Hall–Kier alpha value is -0.160. The van der Waals surface area contributed by atoms with Crippen molar-refractivity contribution in [2.45, 2.75) is 65.3 Å². The fourth-order valence-corrected chi connectivity index (χ4v) is 1.45. The first-order valence-electron chi connectivity index (χ1n) is 6.07. The first-order chi connectivity index (χ1) is 7.13. The van der Waals surface area contributed by atoms with Crippen molar-refractivity contribution in [3.63, 3.8) is 0 Å². The Morgan fingerprint density at radius 1 is 1.00 bits per heavy atom. The second-order valence-corrected chi connectivity index (χ2v) is 4.11. The number of hydrogen-bond acceptors (Lipinski definition) is 4. The molecule has 0 rings (SSSR count). The fraction of sp³-hybridized carbons (Fsp3) is 1.00. The minimum absolute atomic E-state index is 0.0171. The highest BCUT2D eigenvalue weighted by atomic mass is 16.7. The van der Waals surface area contributed by atoms with Crippen molar-refractivity contribution in [3.8, 4) is 0 Å². The van der Waals surface area contributed by atoms with Crippen LogP contribution in [-0.2, 0) is 0 Å². The Morgan fingerprint density at radius 2 is 1.60 bits per heavy atom. The molecule has 1 unspecified atom stereocenters. The van der Waals surface area contributed by atoms with Crippen LogP contribution >= 0.6 is 0 Å². The highest BCUT2D eigenvalue weighted by Crippen LogP contribution is 2.08. The molecule has 4 heteroatoms. The number of hydrogen-bond donors (Lipinski definition) is 2. The summed E-state index contributed by atoms with van der Waals surface area (Å²) in [4.78, 5) is 0. The zero-order valence-corrected chi connectivity index (χ0v) is 10.3. The summed E-state index contributed by atoms with van der Waals surface area (Å²) in [6, 6.07) is -0.0171. The standard InChI is InChI=1S/C11H26N2O2/c1-4-6-8-10-12(14)13(15)11(3)9-7-5-2/h11,14-15H,4-10H2,1-3H3. The molecule has 0 heterocycles. The Balaban J connectivity index is 3.69. The van der Waals surface area contributed by atoms with Gasteiger partial charge in [-0.3, -0.25) is 10.4 Å². The van der Waals surface area contributed by atoms with Crippen molar-refractivity contribution >= 4 is 0 Å². The van der Waals surface area contributed by atoms with E-state index in [1.165, 1.54) is 0 Å². The van der Waals surface area contributed by atoms with Crippen molar-refractivity contribution in [2.75, 3.05) is 6.54 Å². The molecule has 15 heavy (non-hydrogen) atoms. The zero-order chi connectivity index (χ0) is 11.7. The SMILES string of the molecule is CCCCCN(O)N(O)C(C)CCCC. The number of hydrazine groups is 1. The van der Waals surface area contributed by atoms with Gasteiger partial charge in [-0.25, -0.2) is 0 Å². The molecule has 0 aliphatic heterocycles. The smallest absolute Gasteiger partial charge is 0.0507 e. The topological polar surface area (TPSA) is 46.9 Å². The van der Waals surface area contributed by atoms with Crippen LogP contribution in [0.3, 0.4) is 0 Å². The average molecular weight is 218 g/mol. The molecule has 0 amide bonds. The molecule has 0 saturated carbocycles. The van der Waals surface area contributed by atoms with E-state index in [1.807, 2.05) is 6.92 Å². The predicted molar refractivity (Wildman–Crippen MR) is 60.6 cm³/mol. The maximum Gasteiger partial charge on any atom is 0.0507 e. The van der Waals surface area contributed by atoms with Gasteiger partial charge in [0, 0.05) is 6.54 Å². The van der Waals surface area contributed by atoms with E-state index in [1.54, 1.807) is 0 Å². The van der Waals surface area contributed by atoms with Gasteiger partial charge in [-0.1, -0.05) is 44.7 Å². The quantitative estimate of drug-likeness (QED) is 0.461. The van der Waals surface area contributed by atoms with Crippen LogP contribution in [0.1, 0.15) is 59.3 Å². The fourth-order valence-electron chi connectivity index (χ4n) is 1.45. The molecule has 0 bridgehead atoms. The van der Waals surface area contributed by atoms with Gasteiger partial charge >= 0.3 is 0 Å². The van der Waals surface area contributed by atoms with Gasteiger partial charge in [-0.2, -0.15) is 0 Å². The minimum Gasteiger partial charge on any atom is -0.297 e. The average Bonchev–Trinajstić information content (AvgIpc) is 2.24. The van der Waals surface area contributed by atoms with Gasteiger partial charge in [0.15, 0.2) is 0 Å². The largest absolute Gasteiger partial charge is 0.297 e. The molecular formula is C11H26N2O2. The molecular weight excluding hydrogens is 192 g/mol. The molecule has 92 valence electrons. The summed E-state index contributed by atoms with van der Waals surface area (Å²) in [7, 11) is 0. The Kier molecular flexibility index (Phi) is 9.00. The summed E-state index contributed by atoms with van der Waals surface area (Å²) >= 11 is 0. The molecule has 0 aromatic rings. The first kappa shape index (κ1) is 14.8. The maximum absolute atomic E-state index is 9.62. The number of nitrogens with zero attached hydrogens (tertiary/aromatic N) is 2. The van der Waals surface area contributed by atoms with Crippen molar-refractivity contribution in [2.24, 2.45) is 0 Å². The lowest BCUT2D eigenvalue weighted by Crippen LogP contribution is -2.44. The highest BCUT2D eigenvalue weighted by molar-refractivity contribution is 4.55. The van der Waals surface area contributed by atoms with E-state index < -0.39 is 0 Å². The summed E-state index contributed by atoms with van der Waals surface area (Å²) < 4.78 is 0. The molecule has 0 aromatic heterocycles. The Labute approximate surface area is 93.4 Å². The third kappa shape index (κ3) is 6.84. The van der Waals surface area contributed by atoms with Gasteiger partial charge in [0.25, 0.3) is 0 Å².